The van der Waals surface area contributed by atoms with E-state index in [1.54, 1.807) is 19.2 Å². The monoisotopic (exact) mass is 427 g/mol. The minimum absolute atomic E-state index is 0.0770. The molecule has 1 atom stereocenters. The first kappa shape index (κ1) is 20.7. The summed E-state index contributed by atoms with van der Waals surface area (Å²) in [5.41, 5.74) is 2.08. The van der Waals surface area contributed by atoms with E-state index in [2.05, 4.69) is 27.8 Å². The Morgan fingerprint density at radius 3 is 2.50 bits per heavy atom. The first-order valence-corrected chi connectivity index (χ1v) is 12.3. The fourth-order valence-corrected chi connectivity index (χ4v) is 5.10. The van der Waals surface area contributed by atoms with Gasteiger partial charge in [-0.05, 0) is 49.4 Å². The molecule has 160 valence electrons. The Morgan fingerprint density at radius 2 is 1.83 bits per heavy atom. The molecule has 6 nitrogen and oxygen atoms in total. The van der Waals surface area contributed by atoms with Crippen LogP contribution in [0.3, 0.4) is 0 Å². The Bertz CT molecular complexity index is 1030. The number of rotatable bonds is 4. The standard InChI is InChI=1S/C23H29N3O3S/c1-24-22(25-16-17-9-11-18(12-10-17)30(2,27)28)26-20-15-23(13-5-6-14-23)29-21-8-4-3-7-19(20)21/h3-4,7-12,20H,5-6,13-16H2,1-2H3,(H2,24,25,26). The fourth-order valence-electron chi connectivity index (χ4n) is 4.47. The van der Waals surface area contributed by atoms with Crippen LogP contribution in [0.4, 0.5) is 0 Å². The molecule has 2 aromatic carbocycles. The molecule has 1 aliphatic heterocycles. The van der Waals surface area contributed by atoms with E-state index in [1.165, 1.54) is 19.1 Å². The van der Waals surface area contributed by atoms with Gasteiger partial charge in [0.05, 0.1) is 10.9 Å². The van der Waals surface area contributed by atoms with E-state index >= 15 is 0 Å². The number of fused-ring (bicyclic) bond motifs is 1. The number of ether oxygens (including phenoxy) is 1. The van der Waals surface area contributed by atoms with Crippen LogP contribution in [0.15, 0.2) is 58.4 Å². The summed E-state index contributed by atoms with van der Waals surface area (Å²) in [6.07, 6.45) is 6.76. The molecule has 4 rings (SSSR count). The molecule has 1 aliphatic carbocycles. The van der Waals surface area contributed by atoms with Crippen molar-refractivity contribution in [1.82, 2.24) is 10.6 Å². The zero-order valence-corrected chi connectivity index (χ0v) is 18.3. The molecular formula is C23H29N3O3S. The molecule has 2 aromatic rings. The first-order valence-electron chi connectivity index (χ1n) is 10.4. The van der Waals surface area contributed by atoms with Gasteiger partial charge in [-0.3, -0.25) is 4.99 Å². The smallest absolute Gasteiger partial charge is 0.191 e. The maximum Gasteiger partial charge on any atom is 0.191 e. The lowest BCUT2D eigenvalue weighted by Crippen LogP contribution is -2.46. The Labute approximate surface area is 178 Å². The summed E-state index contributed by atoms with van der Waals surface area (Å²) in [7, 11) is -1.42. The van der Waals surface area contributed by atoms with Gasteiger partial charge < -0.3 is 15.4 Å². The predicted octanol–water partition coefficient (Wildman–Crippen LogP) is 3.59. The van der Waals surface area contributed by atoms with Crippen molar-refractivity contribution >= 4 is 15.8 Å². The zero-order valence-electron chi connectivity index (χ0n) is 17.5. The second-order valence-electron chi connectivity index (χ2n) is 8.27. The summed E-state index contributed by atoms with van der Waals surface area (Å²) in [6, 6.07) is 15.3. The van der Waals surface area contributed by atoms with Gasteiger partial charge in [0.2, 0.25) is 0 Å². The second kappa shape index (κ2) is 8.30. The number of hydrogen-bond acceptors (Lipinski definition) is 4. The van der Waals surface area contributed by atoms with E-state index in [-0.39, 0.29) is 11.6 Å². The van der Waals surface area contributed by atoms with Gasteiger partial charge in [0, 0.05) is 31.8 Å². The van der Waals surface area contributed by atoms with Gasteiger partial charge in [-0.2, -0.15) is 0 Å². The minimum atomic E-state index is -3.18. The van der Waals surface area contributed by atoms with Crippen molar-refractivity contribution in [2.24, 2.45) is 4.99 Å². The molecule has 2 N–H and O–H groups in total. The maximum absolute atomic E-state index is 11.6. The van der Waals surface area contributed by atoms with Crippen LogP contribution in [0.5, 0.6) is 5.75 Å². The number of sulfone groups is 1. The SMILES string of the molecule is CN=C(NCc1ccc(S(C)(=O)=O)cc1)NC1CC2(CCCC2)Oc2ccccc21. The number of nitrogens with one attached hydrogen (secondary N) is 2. The molecule has 2 aliphatic rings. The fraction of sp³-hybridized carbons (Fsp3) is 0.435. The number of benzene rings is 2. The van der Waals surface area contributed by atoms with Crippen LogP contribution in [-0.4, -0.2) is 33.3 Å². The van der Waals surface area contributed by atoms with Crippen LogP contribution in [-0.2, 0) is 16.4 Å². The van der Waals surface area contributed by atoms with Crippen molar-refractivity contribution < 1.29 is 13.2 Å². The lowest BCUT2D eigenvalue weighted by atomic mass is 9.86. The summed E-state index contributed by atoms with van der Waals surface area (Å²) in [5.74, 6) is 1.69. The van der Waals surface area contributed by atoms with Gasteiger partial charge in [0.1, 0.15) is 11.4 Å². The number of guanidine groups is 1. The third-order valence-corrected chi connectivity index (χ3v) is 7.19. The van der Waals surface area contributed by atoms with Gasteiger partial charge in [-0.25, -0.2) is 8.42 Å². The molecule has 1 unspecified atom stereocenters. The van der Waals surface area contributed by atoms with Crippen molar-refractivity contribution in [2.75, 3.05) is 13.3 Å². The van der Waals surface area contributed by atoms with Gasteiger partial charge in [-0.1, -0.05) is 30.3 Å². The second-order valence-corrected chi connectivity index (χ2v) is 10.3. The van der Waals surface area contributed by atoms with E-state index in [4.69, 9.17) is 4.74 Å². The van der Waals surface area contributed by atoms with Crippen LogP contribution in [0.25, 0.3) is 0 Å². The molecule has 0 bridgehead atoms. The number of hydrogen-bond donors (Lipinski definition) is 2. The third kappa shape index (κ3) is 4.46. The zero-order chi connectivity index (χ0) is 21.2. The van der Waals surface area contributed by atoms with E-state index in [0.717, 1.165) is 42.1 Å². The van der Waals surface area contributed by atoms with Crippen molar-refractivity contribution in [3.8, 4) is 5.75 Å². The van der Waals surface area contributed by atoms with E-state index in [0.29, 0.717) is 11.4 Å². The molecule has 7 heteroatoms. The van der Waals surface area contributed by atoms with E-state index < -0.39 is 9.84 Å². The van der Waals surface area contributed by atoms with Crippen LogP contribution in [0, 0.1) is 0 Å². The van der Waals surface area contributed by atoms with E-state index in [1.807, 2.05) is 24.3 Å². The highest BCUT2D eigenvalue weighted by atomic mass is 32.2. The molecule has 1 fully saturated rings. The normalized spacial score (nSPS) is 20.5. The van der Waals surface area contributed by atoms with Crippen molar-refractivity contribution in [1.29, 1.82) is 0 Å². The molecule has 1 heterocycles. The molecule has 0 radical (unpaired) electrons. The summed E-state index contributed by atoms with van der Waals surface area (Å²) in [4.78, 5) is 4.73. The Balaban J connectivity index is 1.45. The first-order chi connectivity index (χ1) is 14.4. The lowest BCUT2D eigenvalue weighted by Gasteiger charge is -2.40. The molecule has 0 saturated heterocycles. The summed E-state index contributed by atoms with van der Waals surface area (Å²) >= 11 is 0. The van der Waals surface area contributed by atoms with Gasteiger partial charge in [-0.15, -0.1) is 0 Å². The quantitative estimate of drug-likeness (QED) is 0.576. The topological polar surface area (TPSA) is 79.8 Å². The van der Waals surface area contributed by atoms with Crippen LogP contribution < -0.4 is 15.4 Å². The average molecular weight is 428 g/mol. The van der Waals surface area contributed by atoms with Gasteiger partial charge in [0.15, 0.2) is 15.8 Å². The minimum Gasteiger partial charge on any atom is -0.487 e. The Morgan fingerprint density at radius 1 is 1.13 bits per heavy atom. The Kier molecular flexibility index (Phi) is 5.73. The molecule has 0 aromatic heterocycles. The number of aliphatic imine (C=N–C) groups is 1. The van der Waals surface area contributed by atoms with Crippen molar-refractivity contribution in [3.63, 3.8) is 0 Å². The molecule has 1 saturated carbocycles. The highest BCUT2D eigenvalue weighted by molar-refractivity contribution is 7.90. The van der Waals surface area contributed by atoms with Gasteiger partial charge >= 0.3 is 0 Å². The van der Waals surface area contributed by atoms with Crippen LogP contribution in [0.2, 0.25) is 0 Å². The van der Waals surface area contributed by atoms with Crippen molar-refractivity contribution in [2.45, 2.75) is 55.2 Å². The summed E-state index contributed by atoms with van der Waals surface area (Å²) in [6.45, 7) is 0.555. The molecule has 30 heavy (non-hydrogen) atoms. The Hall–Kier alpha value is -2.54. The highest BCUT2D eigenvalue weighted by Gasteiger charge is 2.43. The summed E-state index contributed by atoms with van der Waals surface area (Å²) in [5, 5.41) is 6.93. The number of nitrogens with zero attached hydrogens (tertiary/aromatic N) is 1. The maximum atomic E-state index is 11.6. The highest BCUT2D eigenvalue weighted by Crippen LogP contribution is 2.46. The van der Waals surface area contributed by atoms with Crippen LogP contribution in [0.1, 0.15) is 49.3 Å². The summed E-state index contributed by atoms with van der Waals surface area (Å²) < 4.78 is 29.7. The largest absolute Gasteiger partial charge is 0.487 e. The molecule has 1 spiro atoms. The predicted molar refractivity (Wildman–Crippen MR) is 119 cm³/mol. The van der Waals surface area contributed by atoms with Gasteiger partial charge in [0.25, 0.3) is 0 Å². The molecular weight excluding hydrogens is 398 g/mol. The number of para-hydroxylation sites is 1. The van der Waals surface area contributed by atoms with Crippen molar-refractivity contribution in [3.05, 3.63) is 59.7 Å². The lowest BCUT2D eigenvalue weighted by molar-refractivity contribution is 0.0396. The average Bonchev–Trinajstić information content (AvgIpc) is 3.18. The molecule has 0 amide bonds. The van der Waals surface area contributed by atoms with E-state index in [9.17, 15) is 8.42 Å². The third-order valence-electron chi connectivity index (χ3n) is 6.06. The van der Waals surface area contributed by atoms with Crippen LogP contribution >= 0.6 is 0 Å².